The average Bonchev–Trinajstić information content (AvgIpc) is 3.37. The van der Waals surface area contributed by atoms with Gasteiger partial charge in [0.1, 0.15) is 0 Å². The Labute approximate surface area is 220 Å². The van der Waals surface area contributed by atoms with E-state index >= 15 is 0 Å². The van der Waals surface area contributed by atoms with Crippen molar-refractivity contribution in [1.82, 2.24) is 24.4 Å². The van der Waals surface area contributed by atoms with Gasteiger partial charge in [0.25, 0.3) is 17.4 Å². The molecule has 0 unspecified atom stereocenters. The lowest BCUT2D eigenvalue weighted by atomic mass is 9.94. The maximum Gasteiger partial charge on any atom is 0.277 e. The zero-order chi connectivity index (χ0) is 26.4. The van der Waals surface area contributed by atoms with E-state index in [-0.39, 0.29) is 29.8 Å². The third kappa shape index (κ3) is 4.40. The van der Waals surface area contributed by atoms with Gasteiger partial charge in [-0.3, -0.25) is 19.5 Å². The van der Waals surface area contributed by atoms with Gasteiger partial charge in [0.15, 0.2) is 5.65 Å². The number of hydrogen-bond acceptors (Lipinski definition) is 4. The number of aromatic nitrogens is 3. The van der Waals surface area contributed by atoms with E-state index in [9.17, 15) is 14.4 Å². The van der Waals surface area contributed by atoms with E-state index in [0.29, 0.717) is 41.8 Å². The molecule has 0 bridgehead atoms. The van der Waals surface area contributed by atoms with E-state index in [0.717, 1.165) is 41.9 Å². The molecule has 2 aliphatic heterocycles. The van der Waals surface area contributed by atoms with E-state index in [2.05, 4.69) is 5.10 Å². The molecule has 0 spiro atoms. The molecule has 4 aromatic rings. The van der Waals surface area contributed by atoms with Crippen LogP contribution in [0.1, 0.15) is 67.6 Å². The predicted molar refractivity (Wildman–Crippen MR) is 144 cm³/mol. The van der Waals surface area contributed by atoms with Crippen LogP contribution in [0.4, 0.5) is 0 Å². The second kappa shape index (κ2) is 9.59. The fraction of sp³-hybridized carbons (Fsp3) is 0.333. The maximum absolute atomic E-state index is 13.5. The topological polar surface area (TPSA) is 90.8 Å². The number of benzene rings is 2. The highest BCUT2D eigenvalue weighted by molar-refractivity contribution is 5.95. The monoisotopic (exact) mass is 509 g/mol. The van der Waals surface area contributed by atoms with Gasteiger partial charge in [-0.25, -0.2) is 9.50 Å². The standard InChI is InChI=1S/C30H31N5O3/c1-19-6-3-8-21(14-19)28(36)33-12-5-10-23(17-33)26-16-27-31-25-11-13-34(18-24(25)30(38)35(27)32-26)29(37)22-9-4-7-20(2)15-22/h3-4,6-9,14-16,23,32H,5,10-13,17-18H2,1-2H3/t23-/m1/s1. The molecule has 194 valence electrons. The van der Waals surface area contributed by atoms with E-state index in [1.54, 1.807) is 4.90 Å². The number of piperidine rings is 1. The summed E-state index contributed by atoms with van der Waals surface area (Å²) >= 11 is 0. The minimum atomic E-state index is -0.165. The third-order valence-electron chi connectivity index (χ3n) is 7.75. The SMILES string of the molecule is Cc1cccc(C(=O)N2CCc3nc4cc([C@@H]5CCCN(C(=O)c6cccc(C)c6)C5)[nH]n4c(=O)c3C2)c1. The van der Waals surface area contributed by atoms with Crippen LogP contribution in [0.25, 0.3) is 5.65 Å². The zero-order valence-electron chi connectivity index (χ0n) is 21.7. The summed E-state index contributed by atoms with van der Waals surface area (Å²) in [4.78, 5) is 48.2. The van der Waals surface area contributed by atoms with E-state index in [1.165, 1.54) is 4.52 Å². The lowest BCUT2D eigenvalue weighted by Crippen LogP contribution is -2.40. The summed E-state index contributed by atoms with van der Waals surface area (Å²) in [6.45, 7) is 6.03. The fourth-order valence-electron chi connectivity index (χ4n) is 5.72. The van der Waals surface area contributed by atoms with E-state index < -0.39 is 0 Å². The van der Waals surface area contributed by atoms with Gasteiger partial charge < -0.3 is 9.80 Å². The number of likely N-dealkylation sites (tertiary alicyclic amines) is 1. The summed E-state index contributed by atoms with van der Waals surface area (Å²) in [5, 5.41) is 3.28. The van der Waals surface area contributed by atoms with Crippen LogP contribution in [-0.4, -0.2) is 55.8 Å². The largest absolute Gasteiger partial charge is 0.338 e. The number of carbonyl (C=O) groups excluding carboxylic acids is 2. The molecule has 8 nitrogen and oxygen atoms in total. The molecule has 38 heavy (non-hydrogen) atoms. The molecule has 0 aliphatic carbocycles. The molecule has 6 rings (SSSR count). The Hall–Kier alpha value is -4.20. The van der Waals surface area contributed by atoms with Gasteiger partial charge in [0.2, 0.25) is 0 Å². The summed E-state index contributed by atoms with van der Waals surface area (Å²) < 4.78 is 1.50. The lowest BCUT2D eigenvalue weighted by molar-refractivity contribution is 0.0703. The second-order valence-corrected chi connectivity index (χ2v) is 10.6. The number of fused-ring (bicyclic) bond motifs is 2. The minimum absolute atomic E-state index is 0.0404. The van der Waals surface area contributed by atoms with Crippen molar-refractivity contribution in [3.05, 3.63) is 104 Å². The molecule has 4 heterocycles. The van der Waals surface area contributed by atoms with Gasteiger partial charge >= 0.3 is 0 Å². The molecule has 2 aromatic carbocycles. The number of aromatic amines is 1. The Balaban J connectivity index is 1.25. The van der Waals surface area contributed by atoms with Crippen molar-refractivity contribution in [2.45, 2.75) is 45.6 Å². The number of H-pyrrole nitrogens is 1. The average molecular weight is 510 g/mol. The Bertz CT molecular complexity index is 1620. The smallest absolute Gasteiger partial charge is 0.277 e. The Morgan fingerprint density at radius 3 is 2.29 bits per heavy atom. The number of aryl methyl sites for hydroxylation is 2. The van der Waals surface area contributed by atoms with Crippen molar-refractivity contribution >= 4 is 17.5 Å². The van der Waals surface area contributed by atoms with Crippen LogP contribution in [0.5, 0.6) is 0 Å². The zero-order valence-corrected chi connectivity index (χ0v) is 21.7. The van der Waals surface area contributed by atoms with E-state index in [4.69, 9.17) is 4.98 Å². The molecule has 0 saturated carbocycles. The van der Waals surface area contributed by atoms with Crippen molar-refractivity contribution < 1.29 is 9.59 Å². The molecular weight excluding hydrogens is 478 g/mol. The Morgan fingerprint density at radius 2 is 1.61 bits per heavy atom. The van der Waals surface area contributed by atoms with Crippen molar-refractivity contribution in [1.29, 1.82) is 0 Å². The van der Waals surface area contributed by atoms with Crippen molar-refractivity contribution in [2.75, 3.05) is 19.6 Å². The van der Waals surface area contributed by atoms with Crippen LogP contribution >= 0.6 is 0 Å². The van der Waals surface area contributed by atoms with Crippen molar-refractivity contribution in [3.8, 4) is 0 Å². The van der Waals surface area contributed by atoms with Crippen LogP contribution in [0.15, 0.2) is 59.4 Å². The van der Waals surface area contributed by atoms with Crippen LogP contribution < -0.4 is 5.56 Å². The van der Waals surface area contributed by atoms with Crippen molar-refractivity contribution in [2.24, 2.45) is 0 Å². The first-order valence-electron chi connectivity index (χ1n) is 13.2. The number of nitrogens with one attached hydrogen (secondary N) is 1. The summed E-state index contributed by atoms with van der Waals surface area (Å²) in [7, 11) is 0. The highest BCUT2D eigenvalue weighted by atomic mass is 16.2. The third-order valence-corrected chi connectivity index (χ3v) is 7.75. The number of carbonyl (C=O) groups is 2. The lowest BCUT2D eigenvalue weighted by Gasteiger charge is -2.32. The normalized spacial score (nSPS) is 17.5. The highest BCUT2D eigenvalue weighted by Crippen LogP contribution is 2.28. The van der Waals surface area contributed by atoms with Crippen molar-refractivity contribution in [3.63, 3.8) is 0 Å². The van der Waals surface area contributed by atoms with Gasteiger partial charge in [-0.1, -0.05) is 35.4 Å². The first kappa shape index (κ1) is 24.2. The van der Waals surface area contributed by atoms with Gasteiger partial charge in [-0.05, 0) is 51.0 Å². The number of amides is 2. The number of hydrogen-bond donors (Lipinski definition) is 1. The quantitative estimate of drug-likeness (QED) is 0.454. The van der Waals surface area contributed by atoms with E-state index in [1.807, 2.05) is 73.3 Å². The number of rotatable bonds is 3. The molecule has 2 aliphatic rings. The Kier molecular flexibility index (Phi) is 6.10. The van der Waals surface area contributed by atoms with Crippen LogP contribution in [0, 0.1) is 13.8 Å². The van der Waals surface area contributed by atoms with Crippen LogP contribution in [-0.2, 0) is 13.0 Å². The summed E-state index contributed by atoms with van der Waals surface area (Å²) in [5.41, 5.74) is 6.07. The predicted octanol–water partition coefficient (Wildman–Crippen LogP) is 3.86. The minimum Gasteiger partial charge on any atom is -0.338 e. The van der Waals surface area contributed by atoms with Gasteiger partial charge in [-0.2, -0.15) is 0 Å². The van der Waals surface area contributed by atoms with Gasteiger partial charge in [0, 0.05) is 54.9 Å². The van der Waals surface area contributed by atoms with Gasteiger partial charge in [0.05, 0.1) is 17.8 Å². The molecule has 1 fully saturated rings. The molecule has 1 saturated heterocycles. The maximum atomic E-state index is 13.5. The van der Waals surface area contributed by atoms with Crippen LogP contribution in [0.3, 0.4) is 0 Å². The fourth-order valence-corrected chi connectivity index (χ4v) is 5.72. The first-order valence-corrected chi connectivity index (χ1v) is 13.2. The van der Waals surface area contributed by atoms with Gasteiger partial charge in [-0.15, -0.1) is 0 Å². The highest BCUT2D eigenvalue weighted by Gasteiger charge is 2.29. The molecular formula is C30H31N5O3. The van der Waals surface area contributed by atoms with Crippen LogP contribution in [0.2, 0.25) is 0 Å². The summed E-state index contributed by atoms with van der Waals surface area (Å²) in [5.74, 6) is 0.0604. The molecule has 2 amide bonds. The summed E-state index contributed by atoms with van der Waals surface area (Å²) in [6.07, 6.45) is 2.37. The molecule has 1 N–H and O–H groups in total. The molecule has 2 aromatic heterocycles. The molecule has 0 radical (unpaired) electrons. The summed E-state index contributed by atoms with van der Waals surface area (Å²) in [6, 6.07) is 17.2. The second-order valence-electron chi connectivity index (χ2n) is 10.6. The number of nitrogens with zero attached hydrogens (tertiary/aromatic N) is 4. The molecule has 1 atom stereocenters. The molecule has 8 heteroatoms. The Morgan fingerprint density at radius 1 is 0.921 bits per heavy atom. The first-order chi connectivity index (χ1) is 18.4.